The largest absolute Gasteiger partial charge is 0.337 e. The third-order valence-electron chi connectivity index (χ3n) is 4.08. The maximum atomic E-state index is 5.33. The number of hydrogen-bond acceptors (Lipinski definition) is 2. The molecule has 2 rings (SSSR count). The number of aromatic amines is 1. The summed E-state index contributed by atoms with van der Waals surface area (Å²) in [4.78, 5) is 5.78. The Hall–Kier alpha value is -0.610. The molecule has 1 atom stereocenters. The highest BCUT2D eigenvalue weighted by Crippen LogP contribution is 2.16. The summed E-state index contributed by atoms with van der Waals surface area (Å²) in [7, 11) is 0. The molecule has 4 heteroatoms. The Morgan fingerprint density at radius 1 is 1.39 bits per heavy atom. The van der Waals surface area contributed by atoms with E-state index in [1.54, 1.807) is 0 Å². The summed E-state index contributed by atoms with van der Waals surface area (Å²) < 4.78 is 3.13. The summed E-state index contributed by atoms with van der Waals surface area (Å²) in [5.41, 5.74) is 1.33. The van der Waals surface area contributed by atoms with Gasteiger partial charge < -0.3 is 14.5 Å². The van der Waals surface area contributed by atoms with Crippen LogP contribution in [0.5, 0.6) is 0 Å². The van der Waals surface area contributed by atoms with Crippen LogP contribution < -0.4 is 0 Å². The van der Waals surface area contributed by atoms with Crippen LogP contribution in [-0.2, 0) is 13.0 Å². The molecule has 0 radical (unpaired) electrons. The lowest BCUT2D eigenvalue weighted by Gasteiger charge is -2.33. The molecule has 102 valence electrons. The van der Waals surface area contributed by atoms with Crippen molar-refractivity contribution < 1.29 is 0 Å². The average molecular weight is 267 g/mol. The van der Waals surface area contributed by atoms with Gasteiger partial charge in [-0.1, -0.05) is 13.3 Å². The van der Waals surface area contributed by atoms with Crippen LogP contribution in [0.2, 0.25) is 0 Å². The summed E-state index contributed by atoms with van der Waals surface area (Å²) in [6, 6.07) is 0.767. The molecule has 1 aromatic heterocycles. The van der Waals surface area contributed by atoms with Crippen LogP contribution in [-0.4, -0.2) is 33.6 Å². The Labute approximate surface area is 115 Å². The van der Waals surface area contributed by atoms with Crippen molar-refractivity contribution in [1.82, 2.24) is 14.5 Å². The minimum absolute atomic E-state index is 0.767. The van der Waals surface area contributed by atoms with E-state index < -0.39 is 0 Å². The molecule has 0 amide bonds. The van der Waals surface area contributed by atoms with Crippen LogP contribution in [0.25, 0.3) is 0 Å². The molecule has 18 heavy (non-hydrogen) atoms. The van der Waals surface area contributed by atoms with Gasteiger partial charge in [0.1, 0.15) is 0 Å². The van der Waals surface area contributed by atoms with Crippen LogP contribution >= 0.6 is 12.2 Å². The highest BCUT2D eigenvalue weighted by Gasteiger charge is 2.17. The molecule has 1 aliphatic rings. The SMILES string of the molecule is CCc1c[nH]c(=S)n1CCCN1CCCCC1C. The van der Waals surface area contributed by atoms with Crippen molar-refractivity contribution in [3.05, 3.63) is 16.7 Å². The molecule has 1 aliphatic heterocycles. The van der Waals surface area contributed by atoms with Gasteiger partial charge in [0.2, 0.25) is 0 Å². The van der Waals surface area contributed by atoms with E-state index in [9.17, 15) is 0 Å². The minimum atomic E-state index is 0.767. The topological polar surface area (TPSA) is 24.0 Å². The van der Waals surface area contributed by atoms with E-state index in [0.717, 1.165) is 23.8 Å². The molecule has 0 aliphatic carbocycles. The Balaban J connectivity index is 1.84. The smallest absolute Gasteiger partial charge is 0.177 e. The van der Waals surface area contributed by atoms with Crippen molar-refractivity contribution in [3.8, 4) is 0 Å². The first kappa shape index (κ1) is 13.8. The maximum Gasteiger partial charge on any atom is 0.177 e. The number of hydrogen-bond donors (Lipinski definition) is 1. The van der Waals surface area contributed by atoms with Gasteiger partial charge in [-0.05, 0) is 51.4 Å². The maximum absolute atomic E-state index is 5.33. The van der Waals surface area contributed by atoms with E-state index >= 15 is 0 Å². The number of aryl methyl sites for hydroxylation is 1. The van der Waals surface area contributed by atoms with Gasteiger partial charge in [-0.25, -0.2) is 0 Å². The zero-order valence-corrected chi connectivity index (χ0v) is 12.4. The molecule has 1 saturated heterocycles. The van der Waals surface area contributed by atoms with Gasteiger partial charge in [-0.2, -0.15) is 0 Å². The lowest BCUT2D eigenvalue weighted by molar-refractivity contribution is 0.156. The molecule has 1 unspecified atom stereocenters. The second kappa shape index (κ2) is 6.53. The zero-order valence-electron chi connectivity index (χ0n) is 11.6. The Morgan fingerprint density at radius 3 is 2.94 bits per heavy atom. The van der Waals surface area contributed by atoms with Gasteiger partial charge in [0.05, 0.1) is 0 Å². The molecule has 0 bridgehead atoms. The number of piperidine rings is 1. The van der Waals surface area contributed by atoms with Crippen LogP contribution in [0, 0.1) is 4.77 Å². The second-order valence-corrected chi connectivity index (χ2v) is 5.71. The monoisotopic (exact) mass is 267 g/mol. The van der Waals surface area contributed by atoms with Crippen LogP contribution in [0.4, 0.5) is 0 Å². The number of rotatable bonds is 5. The van der Waals surface area contributed by atoms with Crippen molar-refractivity contribution in [2.45, 2.75) is 58.5 Å². The number of imidazole rings is 1. The molecule has 1 N–H and O–H groups in total. The highest BCUT2D eigenvalue weighted by atomic mass is 32.1. The molecule has 0 spiro atoms. The van der Waals surface area contributed by atoms with Gasteiger partial charge in [-0.3, -0.25) is 0 Å². The Morgan fingerprint density at radius 2 is 2.22 bits per heavy atom. The molecule has 0 saturated carbocycles. The fraction of sp³-hybridized carbons (Fsp3) is 0.786. The van der Waals surface area contributed by atoms with Crippen LogP contribution in [0.3, 0.4) is 0 Å². The van der Waals surface area contributed by atoms with Gasteiger partial charge in [-0.15, -0.1) is 0 Å². The quantitative estimate of drug-likeness (QED) is 0.827. The zero-order chi connectivity index (χ0) is 13.0. The molecular weight excluding hydrogens is 242 g/mol. The molecule has 1 fully saturated rings. The minimum Gasteiger partial charge on any atom is -0.337 e. The van der Waals surface area contributed by atoms with Crippen LogP contribution in [0.15, 0.2) is 6.20 Å². The van der Waals surface area contributed by atoms with E-state index in [-0.39, 0.29) is 0 Å². The standard InChI is InChI=1S/C14H25N3S/c1-3-13-11-15-14(18)17(13)10-6-9-16-8-5-4-7-12(16)2/h11-12H,3-10H2,1-2H3,(H,15,18). The van der Waals surface area contributed by atoms with Gasteiger partial charge in [0, 0.05) is 31.0 Å². The van der Waals surface area contributed by atoms with E-state index in [2.05, 4.69) is 28.3 Å². The van der Waals surface area contributed by atoms with Crippen molar-refractivity contribution in [2.24, 2.45) is 0 Å². The van der Waals surface area contributed by atoms with Crippen molar-refractivity contribution in [2.75, 3.05) is 13.1 Å². The second-order valence-electron chi connectivity index (χ2n) is 5.32. The molecule has 3 nitrogen and oxygen atoms in total. The molecule has 2 heterocycles. The fourth-order valence-corrected chi connectivity index (χ4v) is 3.16. The summed E-state index contributed by atoms with van der Waals surface area (Å²) >= 11 is 5.33. The van der Waals surface area contributed by atoms with E-state index in [4.69, 9.17) is 12.2 Å². The van der Waals surface area contributed by atoms with Crippen molar-refractivity contribution in [1.29, 1.82) is 0 Å². The normalized spacial score (nSPS) is 21.3. The van der Waals surface area contributed by atoms with Crippen LogP contribution in [0.1, 0.15) is 45.2 Å². The number of likely N-dealkylation sites (tertiary alicyclic amines) is 1. The highest BCUT2D eigenvalue weighted by molar-refractivity contribution is 7.71. The number of H-pyrrole nitrogens is 1. The molecule has 1 aromatic rings. The number of nitrogens with one attached hydrogen (secondary N) is 1. The fourth-order valence-electron chi connectivity index (χ4n) is 2.89. The predicted molar refractivity (Wildman–Crippen MR) is 78.5 cm³/mol. The molecule has 0 aromatic carbocycles. The Kier molecular flexibility index (Phi) is 5.01. The van der Waals surface area contributed by atoms with E-state index in [1.807, 2.05) is 6.20 Å². The van der Waals surface area contributed by atoms with Gasteiger partial charge in [0.15, 0.2) is 4.77 Å². The Bertz CT molecular complexity index is 421. The number of nitrogens with zero attached hydrogens (tertiary/aromatic N) is 2. The van der Waals surface area contributed by atoms with Gasteiger partial charge in [0.25, 0.3) is 0 Å². The summed E-state index contributed by atoms with van der Waals surface area (Å²) in [6.45, 7) is 8.08. The third-order valence-corrected chi connectivity index (χ3v) is 4.42. The summed E-state index contributed by atoms with van der Waals surface area (Å²) in [5.74, 6) is 0. The van der Waals surface area contributed by atoms with Gasteiger partial charge >= 0.3 is 0 Å². The lowest BCUT2D eigenvalue weighted by Crippen LogP contribution is -2.38. The van der Waals surface area contributed by atoms with E-state index in [0.29, 0.717) is 0 Å². The first-order chi connectivity index (χ1) is 8.72. The summed E-state index contributed by atoms with van der Waals surface area (Å²) in [5, 5.41) is 0. The summed E-state index contributed by atoms with van der Waals surface area (Å²) in [6.07, 6.45) is 8.43. The lowest BCUT2D eigenvalue weighted by atomic mass is 10.0. The average Bonchev–Trinajstić information content (AvgIpc) is 2.73. The first-order valence-corrected chi connectivity index (χ1v) is 7.64. The number of aromatic nitrogens is 2. The molecular formula is C14H25N3S. The first-order valence-electron chi connectivity index (χ1n) is 7.23. The van der Waals surface area contributed by atoms with Crippen molar-refractivity contribution in [3.63, 3.8) is 0 Å². The van der Waals surface area contributed by atoms with Crippen molar-refractivity contribution >= 4 is 12.2 Å². The predicted octanol–water partition coefficient (Wildman–Crippen LogP) is 3.37. The van der Waals surface area contributed by atoms with E-state index in [1.165, 1.54) is 44.5 Å². The third kappa shape index (κ3) is 3.23.